The van der Waals surface area contributed by atoms with Crippen LogP contribution in [0.3, 0.4) is 0 Å². The largest absolute Gasteiger partial charge is 0.361 e. The SMILES string of the molecule is Cc1cccc(NC(=O)[C@H]2CC(=O)N(CCc3c[nH]c4ccc(C)cc34)C2)c1. The first-order valence-electron chi connectivity index (χ1n) is 9.71. The van der Waals surface area contributed by atoms with E-state index in [1.54, 1.807) is 0 Å². The number of anilines is 1. The number of carbonyl (C=O) groups is 2. The second-order valence-corrected chi connectivity index (χ2v) is 7.71. The van der Waals surface area contributed by atoms with Crippen LogP contribution in [0.4, 0.5) is 5.69 Å². The van der Waals surface area contributed by atoms with Gasteiger partial charge in [-0.25, -0.2) is 0 Å². The van der Waals surface area contributed by atoms with Crippen LogP contribution in [-0.2, 0) is 16.0 Å². The average molecular weight is 375 g/mol. The van der Waals surface area contributed by atoms with Gasteiger partial charge in [0, 0.05) is 42.3 Å². The molecule has 2 N–H and O–H groups in total. The Morgan fingerprint density at radius 1 is 1.18 bits per heavy atom. The maximum atomic E-state index is 12.6. The van der Waals surface area contributed by atoms with E-state index < -0.39 is 0 Å². The predicted octanol–water partition coefficient (Wildman–Crippen LogP) is 3.81. The van der Waals surface area contributed by atoms with E-state index in [0.717, 1.165) is 23.2 Å². The first kappa shape index (κ1) is 18.3. The van der Waals surface area contributed by atoms with Gasteiger partial charge >= 0.3 is 0 Å². The van der Waals surface area contributed by atoms with Crippen LogP contribution in [0.2, 0.25) is 0 Å². The van der Waals surface area contributed by atoms with E-state index in [0.29, 0.717) is 13.1 Å². The molecule has 0 radical (unpaired) electrons. The van der Waals surface area contributed by atoms with Crippen LogP contribution in [-0.4, -0.2) is 34.8 Å². The van der Waals surface area contributed by atoms with Crippen molar-refractivity contribution in [2.45, 2.75) is 26.7 Å². The molecular formula is C23H25N3O2. The number of aromatic nitrogens is 1. The number of aromatic amines is 1. The summed E-state index contributed by atoms with van der Waals surface area (Å²) in [5.41, 5.74) is 5.42. The molecule has 1 aliphatic rings. The third kappa shape index (κ3) is 3.79. The van der Waals surface area contributed by atoms with Gasteiger partial charge < -0.3 is 15.2 Å². The number of H-pyrrole nitrogens is 1. The number of hydrogen-bond acceptors (Lipinski definition) is 2. The minimum absolute atomic E-state index is 0.0559. The molecule has 5 nitrogen and oxygen atoms in total. The summed E-state index contributed by atoms with van der Waals surface area (Å²) in [6.07, 6.45) is 3.08. The Bertz CT molecular complexity index is 1040. The highest BCUT2D eigenvalue weighted by atomic mass is 16.2. The molecule has 1 atom stereocenters. The van der Waals surface area contributed by atoms with E-state index in [1.165, 1.54) is 16.5 Å². The van der Waals surface area contributed by atoms with Crippen LogP contribution < -0.4 is 5.32 Å². The molecule has 28 heavy (non-hydrogen) atoms. The molecule has 4 rings (SSSR count). The zero-order valence-electron chi connectivity index (χ0n) is 16.3. The minimum atomic E-state index is -0.293. The number of rotatable bonds is 5. The highest BCUT2D eigenvalue weighted by Gasteiger charge is 2.34. The lowest BCUT2D eigenvalue weighted by Gasteiger charge is -2.16. The molecular weight excluding hydrogens is 350 g/mol. The summed E-state index contributed by atoms with van der Waals surface area (Å²) in [5.74, 6) is -0.317. The van der Waals surface area contributed by atoms with Crippen molar-refractivity contribution in [3.05, 3.63) is 65.4 Å². The van der Waals surface area contributed by atoms with Crippen LogP contribution in [0.5, 0.6) is 0 Å². The fraction of sp³-hybridized carbons (Fsp3) is 0.304. The summed E-state index contributed by atoms with van der Waals surface area (Å²) < 4.78 is 0. The number of amides is 2. The lowest BCUT2D eigenvalue weighted by Crippen LogP contribution is -2.30. The van der Waals surface area contributed by atoms with E-state index in [1.807, 2.05) is 42.3 Å². The Morgan fingerprint density at radius 3 is 2.82 bits per heavy atom. The maximum Gasteiger partial charge on any atom is 0.229 e. The Morgan fingerprint density at radius 2 is 2.00 bits per heavy atom. The topological polar surface area (TPSA) is 65.2 Å². The zero-order valence-corrected chi connectivity index (χ0v) is 16.3. The highest BCUT2D eigenvalue weighted by molar-refractivity contribution is 5.97. The number of nitrogens with zero attached hydrogens (tertiary/aromatic N) is 1. The van der Waals surface area contributed by atoms with Crippen molar-refractivity contribution >= 4 is 28.4 Å². The number of fused-ring (bicyclic) bond motifs is 1. The number of likely N-dealkylation sites (tertiary alicyclic amines) is 1. The van der Waals surface area contributed by atoms with Crippen molar-refractivity contribution in [1.82, 2.24) is 9.88 Å². The summed E-state index contributed by atoms with van der Waals surface area (Å²) >= 11 is 0. The molecule has 3 aromatic rings. The molecule has 0 aliphatic carbocycles. The van der Waals surface area contributed by atoms with E-state index in [2.05, 4.69) is 35.4 Å². The summed E-state index contributed by atoms with van der Waals surface area (Å²) in [7, 11) is 0. The minimum Gasteiger partial charge on any atom is -0.361 e. The lowest BCUT2D eigenvalue weighted by atomic mass is 10.1. The van der Waals surface area contributed by atoms with Crippen molar-refractivity contribution in [3.8, 4) is 0 Å². The highest BCUT2D eigenvalue weighted by Crippen LogP contribution is 2.23. The summed E-state index contributed by atoms with van der Waals surface area (Å²) in [4.78, 5) is 30.1. The van der Waals surface area contributed by atoms with Gasteiger partial charge in [0.05, 0.1) is 5.92 Å². The number of hydrogen-bond donors (Lipinski definition) is 2. The second-order valence-electron chi connectivity index (χ2n) is 7.71. The van der Waals surface area contributed by atoms with Crippen LogP contribution in [0.25, 0.3) is 10.9 Å². The fourth-order valence-electron chi connectivity index (χ4n) is 3.89. The normalized spacial score (nSPS) is 16.7. The van der Waals surface area contributed by atoms with Crippen molar-refractivity contribution < 1.29 is 9.59 Å². The standard InChI is InChI=1S/C23H25N3O2/c1-15-4-3-5-19(10-15)25-23(28)18-12-22(27)26(14-18)9-8-17-13-24-21-7-6-16(2)11-20(17)21/h3-7,10-11,13,18,24H,8-9,12,14H2,1-2H3,(H,25,28)/t18-/m0/s1. The van der Waals surface area contributed by atoms with Crippen molar-refractivity contribution in [3.63, 3.8) is 0 Å². The van der Waals surface area contributed by atoms with Crippen LogP contribution in [0.15, 0.2) is 48.7 Å². The van der Waals surface area contributed by atoms with Gasteiger partial charge in [-0.3, -0.25) is 9.59 Å². The molecule has 0 bridgehead atoms. The first-order chi connectivity index (χ1) is 13.5. The third-order valence-electron chi connectivity index (χ3n) is 5.44. The number of nitrogens with one attached hydrogen (secondary N) is 2. The van der Waals surface area contributed by atoms with Gasteiger partial charge in [0.15, 0.2) is 0 Å². The molecule has 1 aromatic heterocycles. The van der Waals surface area contributed by atoms with Gasteiger partial charge in [0.25, 0.3) is 0 Å². The Hall–Kier alpha value is -3.08. The Balaban J connectivity index is 1.38. The summed E-state index contributed by atoms with van der Waals surface area (Å²) in [5, 5.41) is 4.15. The predicted molar refractivity (Wildman–Crippen MR) is 111 cm³/mol. The van der Waals surface area contributed by atoms with Crippen LogP contribution >= 0.6 is 0 Å². The number of aryl methyl sites for hydroxylation is 2. The van der Waals surface area contributed by atoms with Gasteiger partial charge in [-0.05, 0) is 55.7 Å². The molecule has 2 heterocycles. The molecule has 2 aromatic carbocycles. The van der Waals surface area contributed by atoms with Gasteiger partial charge in [0.1, 0.15) is 0 Å². The number of carbonyl (C=O) groups excluding carboxylic acids is 2. The van der Waals surface area contributed by atoms with Gasteiger partial charge in [-0.2, -0.15) is 0 Å². The van der Waals surface area contributed by atoms with Crippen molar-refractivity contribution in [2.24, 2.45) is 5.92 Å². The maximum absolute atomic E-state index is 12.6. The zero-order chi connectivity index (χ0) is 19.7. The lowest BCUT2D eigenvalue weighted by molar-refractivity contribution is -0.128. The van der Waals surface area contributed by atoms with Crippen molar-refractivity contribution in [2.75, 3.05) is 18.4 Å². The van der Waals surface area contributed by atoms with E-state index in [-0.39, 0.29) is 24.2 Å². The molecule has 1 aliphatic heterocycles. The van der Waals surface area contributed by atoms with E-state index in [9.17, 15) is 9.59 Å². The average Bonchev–Trinajstić information content (AvgIpc) is 3.23. The monoisotopic (exact) mass is 375 g/mol. The van der Waals surface area contributed by atoms with Gasteiger partial charge in [-0.15, -0.1) is 0 Å². The van der Waals surface area contributed by atoms with Crippen molar-refractivity contribution in [1.29, 1.82) is 0 Å². The molecule has 0 unspecified atom stereocenters. The third-order valence-corrected chi connectivity index (χ3v) is 5.44. The quantitative estimate of drug-likeness (QED) is 0.712. The number of benzene rings is 2. The first-order valence-corrected chi connectivity index (χ1v) is 9.71. The smallest absolute Gasteiger partial charge is 0.229 e. The summed E-state index contributed by atoms with van der Waals surface area (Å²) in [6, 6.07) is 14.1. The Kier molecular flexibility index (Phi) is 4.90. The summed E-state index contributed by atoms with van der Waals surface area (Å²) in [6.45, 7) is 5.19. The molecule has 5 heteroatoms. The Labute approximate surface area is 164 Å². The molecule has 1 saturated heterocycles. The van der Waals surface area contributed by atoms with E-state index >= 15 is 0 Å². The molecule has 0 saturated carbocycles. The van der Waals surface area contributed by atoms with Gasteiger partial charge in [0.2, 0.25) is 11.8 Å². The molecule has 2 amide bonds. The van der Waals surface area contributed by atoms with Crippen LogP contribution in [0.1, 0.15) is 23.1 Å². The fourth-order valence-corrected chi connectivity index (χ4v) is 3.89. The molecule has 0 spiro atoms. The molecule has 144 valence electrons. The molecule has 1 fully saturated rings. The van der Waals surface area contributed by atoms with E-state index in [4.69, 9.17) is 0 Å². The second kappa shape index (κ2) is 7.50. The van der Waals surface area contributed by atoms with Gasteiger partial charge in [-0.1, -0.05) is 23.8 Å². The van der Waals surface area contributed by atoms with Crippen LogP contribution in [0, 0.1) is 19.8 Å².